The summed E-state index contributed by atoms with van der Waals surface area (Å²) in [6.45, 7) is -0.196. The molecule has 0 radical (unpaired) electrons. The van der Waals surface area contributed by atoms with E-state index in [0.29, 0.717) is 28.7 Å². The van der Waals surface area contributed by atoms with E-state index in [-0.39, 0.29) is 13.4 Å². The molecular weight excluding hydrogens is 986 g/mol. The van der Waals surface area contributed by atoms with Gasteiger partial charge in [0, 0.05) is 54.5 Å². The number of ether oxygens (including phenoxy) is 5. The van der Waals surface area contributed by atoms with Gasteiger partial charge in [0.05, 0.1) is 11.4 Å². The Morgan fingerprint density at radius 3 is 1.49 bits per heavy atom. The molecule has 0 spiro atoms. The van der Waals surface area contributed by atoms with Crippen LogP contribution in [0.25, 0.3) is 0 Å². The third kappa shape index (κ3) is 7.26. The molecule has 7 nitrogen and oxygen atoms in total. The van der Waals surface area contributed by atoms with Gasteiger partial charge in [0.2, 0.25) is 6.71 Å². The Labute approximate surface area is 454 Å². The fourth-order valence-electron chi connectivity index (χ4n) is 11.8. The van der Waals surface area contributed by atoms with Crippen molar-refractivity contribution in [1.82, 2.24) is 0 Å². The minimum Gasteiger partial charge on any atom is -0.453 e. The predicted molar refractivity (Wildman–Crippen MR) is 312 cm³/mol. The van der Waals surface area contributed by atoms with Crippen molar-refractivity contribution in [2.45, 2.75) is 19.6 Å². The molecule has 5 aliphatic heterocycles. The van der Waals surface area contributed by atoms with Crippen molar-refractivity contribution in [2.24, 2.45) is 0 Å². The molecule has 0 bridgehead atoms. The molecular formula is C66H40B2N2O5S2. The van der Waals surface area contributed by atoms with E-state index in [2.05, 4.69) is 137 Å². The quantitative estimate of drug-likeness (QED) is 0.132. The van der Waals surface area contributed by atoms with Crippen LogP contribution in [0.3, 0.4) is 0 Å². The molecule has 11 heteroatoms. The van der Waals surface area contributed by atoms with Gasteiger partial charge < -0.3 is 33.5 Å². The van der Waals surface area contributed by atoms with Crippen molar-refractivity contribution >= 4 is 104 Å². The van der Waals surface area contributed by atoms with Crippen LogP contribution in [-0.2, 0) is 0 Å². The highest BCUT2D eigenvalue weighted by molar-refractivity contribution is 8.01. The minimum absolute atomic E-state index is 0.0262. The van der Waals surface area contributed by atoms with Gasteiger partial charge in [0.25, 0.3) is 6.71 Å². The molecule has 0 atom stereocenters. The van der Waals surface area contributed by atoms with Crippen LogP contribution in [0.15, 0.2) is 262 Å². The molecule has 0 amide bonds. The molecule has 0 aliphatic carbocycles. The number of anilines is 6. The van der Waals surface area contributed by atoms with Crippen molar-refractivity contribution in [3.05, 3.63) is 243 Å². The second-order valence-corrected chi connectivity index (χ2v) is 21.6. The molecule has 5 heterocycles. The average Bonchev–Trinajstić information content (AvgIpc) is 3.64. The molecule has 0 aromatic heterocycles. The summed E-state index contributed by atoms with van der Waals surface area (Å²) in [6.07, 6.45) is 0. The lowest BCUT2D eigenvalue weighted by molar-refractivity contribution is 0.418. The van der Waals surface area contributed by atoms with E-state index in [1.807, 2.05) is 139 Å². The predicted octanol–water partition coefficient (Wildman–Crippen LogP) is 14.5. The standard InChI is InChI=1S/C66H40B2N2O5S2/c1-4-19-41(20-5-1)69-51-40-61-49(67-46-25-10-17-34-60(46)76-62-37-45(38-63(77-61)65(62)67)74-58-32-16-14-30-56(58)72-43-23-8-3-9-24-43)39-48(51)68-47-26-18-33-59-66(47)70(50-27-11-12-28-54(50)75-59)53-36-44(35-52(69)64(53)68)73-57-31-15-13-29-55(57)71-42-21-6-2-7-22-42/h1-40H. The Morgan fingerprint density at radius 2 is 0.818 bits per heavy atom. The second-order valence-electron chi connectivity index (χ2n) is 19.5. The van der Waals surface area contributed by atoms with E-state index >= 15 is 0 Å². The van der Waals surface area contributed by atoms with Gasteiger partial charge in [0.15, 0.2) is 34.5 Å². The number of hydrogen-bond acceptors (Lipinski definition) is 9. The maximum Gasteiger partial charge on any atom is 0.252 e. The highest BCUT2D eigenvalue weighted by Crippen LogP contribution is 2.55. The van der Waals surface area contributed by atoms with Gasteiger partial charge in [-0.25, -0.2) is 0 Å². The van der Waals surface area contributed by atoms with Crippen LogP contribution in [0.5, 0.6) is 57.5 Å². The van der Waals surface area contributed by atoms with E-state index in [0.717, 1.165) is 67.8 Å². The lowest BCUT2D eigenvalue weighted by Crippen LogP contribution is -2.64. The van der Waals surface area contributed by atoms with Gasteiger partial charge in [-0.2, -0.15) is 0 Å². The largest absolute Gasteiger partial charge is 0.453 e. The molecule has 11 aromatic carbocycles. The van der Waals surface area contributed by atoms with Crippen LogP contribution in [0.1, 0.15) is 0 Å². The SMILES string of the molecule is c1ccc(Oc2ccccc2Oc2cc3c4c(c2)Sc2cc5c(cc2B4c2ccccc2S3)B2c3cccc4c3N(c3ccccc3O4)c3cc(Oc4ccccc4Oc4ccccc4)cc(c32)N5c2ccccc2)cc1. The third-order valence-corrected chi connectivity index (χ3v) is 17.2. The smallest absolute Gasteiger partial charge is 0.252 e. The van der Waals surface area contributed by atoms with Crippen molar-refractivity contribution in [3.8, 4) is 57.5 Å². The van der Waals surface area contributed by atoms with Crippen LogP contribution >= 0.6 is 23.5 Å². The van der Waals surface area contributed by atoms with E-state index in [4.69, 9.17) is 23.7 Å². The van der Waals surface area contributed by atoms with E-state index in [1.54, 1.807) is 0 Å². The van der Waals surface area contributed by atoms with Crippen LogP contribution in [-0.4, -0.2) is 13.4 Å². The van der Waals surface area contributed by atoms with Gasteiger partial charge in [-0.15, -0.1) is 0 Å². The Hall–Kier alpha value is -9.15. The molecule has 0 N–H and O–H groups in total. The summed E-state index contributed by atoms with van der Waals surface area (Å²) in [4.78, 5) is 9.61. The number of para-hydroxylation sites is 10. The lowest BCUT2D eigenvalue weighted by Gasteiger charge is -2.46. The first-order valence-corrected chi connectivity index (χ1v) is 27.3. The zero-order valence-electron chi connectivity index (χ0n) is 41.0. The molecule has 5 aliphatic rings. The molecule has 16 rings (SSSR count). The van der Waals surface area contributed by atoms with Gasteiger partial charge >= 0.3 is 0 Å². The zero-order chi connectivity index (χ0) is 50.6. The Morgan fingerprint density at radius 1 is 0.312 bits per heavy atom. The molecule has 362 valence electrons. The fraction of sp³-hybridized carbons (Fsp3) is 0. The maximum atomic E-state index is 7.10. The molecule has 0 saturated carbocycles. The average molecular weight is 1030 g/mol. The Balaban J connectivity index is 0.898. The Bertz CT molecular complexity index is 4210. The van der Waals surface area contributed by atoms with Gasteiger partial charge in [-0.3, -0.25) is 0 Å². The van der Waals surface area contributed by atoms with E-state index in [9.17, 15) is 0 Å². The van der Waals surface area contributed by atoms with Crippen LogP contribution < -0.4 is 66.3 Å². The van der Waals surface area contributed by atoms with Crippen molar-refractivity contribution in [1.29, 1.82) is 0 Å². The summed E-state index contributed by atoms with van der Waals surface area (Å²) >= 11 is 3.63. The topological polar surface area (TPSA) is 52.6 Å². The molecule has 0 unspecified atom stereocenters. The normalized spacial score (nSPS) is 13.4. The summed E-state index contributed by atoms with van der Waals surface area (Å²) in [5.74, 6) is 7.01. The van der Waals surface area contributed by atoms with Crippen LogP contribution in [0, 0.1) is 0 Å². The minimum atomic E-state index is -0.170. The first kappa shape index (κ1) is 44.2. The van der Waals surface area contributed by atoms with Crippen LogP contribution in [0.4, 0.5) is 34.1 Å². The van der Waals surface area contributed by atoms with Crippen LogP contribution in [0.2, 0.25) is 0 Å². The summed E-state index contributed by atoms with van der Waals surface area (Å²) < 4.78 is 33.7. The first-order chi connectivity index (χ1) is 38.1. The number of benzene rings is 11. The highest BCUT2D eigenvalue weighted by atomic mass is 32.2. The second kappa shape index (κ2) is 17.7. The van der Waals surface area contributed by atoms with Crippen molar-refractivity contribution in [3.63, 3.8) is 0 Å². The van der Waals surface area contributed by atoms with Gasteiger partial charge in [0.1, 0.15) is 23.0 Å². The molecule has 0 saturated heterocycles. The summed E-state index contributed by atoms with van der Waals surface area (Å²) in [5.41, 5.74) is 13.7. The summed E-state index contributed by atoms with van der Waals surface area (Å²) in [5, 5.41) is 0. The van der Waals surface area contributed by atoms with Crippen molar-refractivity contribution < 1.29 is 23.7 Å². The fourth-order valence-corrected chi connectivity index (χ4v) is 14.3. The zero-order valence-corrected chi connectivity index (χ0v) is 42.6. The Kier molecular flexibility index (Phi) is 10.2. The highest BCUT2D eigenvalue weighted by Gasteiger charge is 2.48. The number of nitrogens with zero attached hydrogens (tertiary/aromatic N) is 2. The third-order valence-electron chi connectivity index (χ3n) is 14.9. The molecule has 77 heavy (non-hydrogen) atoms. The van der Waals surface area contributed by atoms with Gasteiger partial charge in [-0.1, -0.05) is 162 Å². The summed E-state index contributed by atoms with van der Waals surface area (Å²) in [6, 6.07) is 83.8. The van der Waals surface area contributed by atoms with E-state index in [1.165, 1.54) is 47.5 Å². The first-order valence-electron chi connectivity index (χ1n) is 25.7. The maximum absolute atomic E-state index is 7.10. The molecule has 11 aromatic rings. The van der Waals surface area contributed by atoms with E-state index < -0.39 is 0 Å². The van der Waals surface area contributed by atoms with Crippen molar-refractivity contribution in [2.75, 3.05) is 9.80 Å². The monoisotopic (exact) mass is 1030 g/mol. The lowest BCUT2D eigenvalue weighted by atomic mass is 9.31. The summed E-state index contributed by atoms with van der Waals surface area (Å²) in [7, 11) is 0. The molecule has 0 fully saturated rings. The van der Waals surface area contributed by atoms with Gasteiger partial charge in [-0.05, 0) is 125 Å². The number of hydrogen-bond donors (Lipinski definition) is 0. The number of fused-ring (bicyclic) bond motifs is 10. The number of rotatable bonds is 9.